The van der Waals surface area contributed by atoms with Gasteiger partial charge in [-0.15, -0.1) is 0 Å². The van der Waals surface area contributed by atoms with Crippen LogP contribution in [0.2, 0.25) is 0 Å². The molecule has 128 valence electrons. The Hall–Kier alpha value is -1.82. The van der Waals surface area contributed by atoms with E-state index in [1.165, 1.54) is 19.4 Å². The minimum absolute atomic E-state index is 0.115. The van der Waals surface area contributed by atoms with E-state index in [0.29, 0.717) is 12.5 Å². The molecule has 2 amide bonds. The van der Waals surface area contributed by atoms with E-state index in [0.717, 1.165) is 31.1 Å². The number of nitrogens with zero attached hydrogens (tertiary/aromatic N) is 3. The van der Waals surface area contributed by atoms with E-state index >= 15 is 0 Å². The van der Waals surface area contributed by atoms with E-state index in [1.807, 2.05) is 37.2 Å². The lowest BCUT2D eigenvalue weighted by Gasteiger charge is -2.31. The van der Waals surface area contributed by atoms with Crippen LogP contribution in [0.3, 0.4) is 0 Å². The molecule has 1 saturated heterocycles. The van der Waals surface area contributed by atoms with Gasteiger partial charge in [-0.1, -0.05) is 13.0 Å². The van der Waals surface area contributed by atoms with E-state index in [4.69, 9.17) is 0 Å². The van der Waals surface area contributed by atoms with Crippen LogP contribution in [0.1, 0.15) is 25.5 Å². The van der Waals surface area contributed by atoms with Crippen molar-refractivity contribution in [2.24, 2.45) is 5.92 Å². The lowest BCUT2D eigenvalue weighted by Crippen LogP contribution is -2.43. The molecule has 0 spiro atoms. The van der Waals surface area contributed by atoms with E-state index in [9.17, 15) is 4.79 Å². The molecule has 1 aliphatic heterocycles. The van der Waals surface area contributed by atoms with Crippen LogP contribution >= 0.6 is 0 Å². The molecule has 1 atom stereocenters. The number of carbonyl (C=O) groups is 1. The Bertz CT molecular complexity index is 506. The van der Waals surface area contributed by atoms with Crippen molar-refractivity contribution in [2.45, 2.75) is 26.3 Å². The minimum atomic E-state index is -0.115. The first-order valence-corrected chi connectivity index (χ1v) is 8.45. The quantitative estimate of drug-likeness (QED) is 0.837. The van der Waals surface area contributed by atoms with Gasteiger partial charge in [0.05, 0.1) is 12.2 Å². The third-order valence-corrected chi connectivity index (χ3v) is 4.28. The van der Waals surface area contributed by atoms with Crippen molar-refractivity contribution in [1.29, 1.82) is 0 Å². The molecular formula is C17H29N5O. The predicted octanol–water partition coefficient (Wildman–Crippen LogP) is 1.68. The van der Waals surface area contributed by atoms with Crippen LogP contribution in [-0.4, -0.2) is 56.2 Å². The average Bonchev–Trinajstić information content (AvgIpc) is 2.58. The molecule has 0 aliphatic carbocycles. The van der Waals surface area contributed by atoms with E-state index in [2.05, 4.69) is 27.4 Å². The van der Waals surface area contributed by atoms with E-state index < -0.39 is 0 Å². The van der Waals surface area contributed by atoms with Gasteiger partial charge < -0.3 is 20.4 Å². The zero-order valence-corrected chi connectivity index (χ0v) is 14.5. The summed E-state index contributed by atoms with van der Waals surface area (Å²) in [5.74, 6) is 1.45. The standard InChI is InChI=1S/C17H29N5O/c1-4-22-10-6-7-14(13-22)11-18-17(23)19-12-15-8-5-9-16(20-15)21(2)3/h5,8-9,14H,4,6-7,10-13H2,1-3H3,(H2,18,19,23)/t14-/m1/s1. The van der Waals surface area contributed by atoms with Crippen LogP contribution in [0.5, 0.6) is 0 Å². The molecule has 0 radical (unpaired) electrons. The number of piperidine rings is 1. The third-order valence-electron chi connectivity index (χ3n) is 4.28. The van der Waals surface area contributed by atoms with Crippen LogP contribution < -0.4 is 15.5 Å². The van der Waals surface area contributed by atoms with Crippen molar-refractivity contribution >= 4 is 11.8 Å². The summed E-state index contributed by atoms with van der Waals surface area (Å²) < 4.78 is 0. The largest absolute Gasteiger partial charge is 0.363 e. The summed E-state index contributed by atoms with van der Waals surface area (Å²) in [5.41, 5.74) is 0.862. The molecule has 0 saturated carbocycles. The second-order valence-electron chi connectivity index (χ2n) is 6.35. The van der Waals surface area contributed by atoms with Crippen LogP contribution in [0.25, 0.3) is 0 Å². The van der Waals surface area contributed by atoms with Gasteiger partial charge in [0.15, 0.2) is 0 Å². The molecule has 0 unspecified atom stereocenters. The summed E-state index contributed by atoms with van der Waals surface area (Å²) in [6.07, 6.45) is 2.42. The van der Waals surface area contributed by atoms with Gasteiger partial charge in [0, 0.05) is 27.2 Å². The van der Waals surface area contributed by atoms with Gasteiger partial charge in [0.1, 0.15) is 5.82 Å². The maximum absolute atomic E-state index is 12.0. The first-order chi connectivity index (χ1) is 11.1. The van der Waals surface area contributed by atoms with Gasteiger partial charge in [-0.05, 0) is 44.0 Å². The Labute approximate surface area is 139 Å². The molecule has 2 N–H and O–H groups in total. The minimum Gasteiger partial charge on any atom is -0.363 e. The van der Waals surface area contributed by atoms with Crippen molar-refractivity contribution in [2.75, 3.05) is 45.2 Å². The smallest absolute Gasteiger partial charge is 0.315 e. The lowest BCUT2D eigenvalue weighted by molar-refractivity contribution is 0.179. The molecular weight excluding hydrogens is 290 g/mol. The Morgan fingerprint density at radius 3 is 2.96 bits per heavy atom. The van der Waals surface area contributed by atoms with Gasteiger partial charge >= 0.3 is 6.03 Å². The Morgan fingerprint density at radius 2 is 2.22 bits per heavy atom. The number of carbonyl (C=O) groups excluding carboxylic acids is 1. The maximum Gasteiger partial charge on any atom is 0.315 e. The molecule has 1 aromatic rings. The molecule has 2 rings (SSSR count). The zero-order chi connectivity index (χ0) is 16.7. The topological polar surface area (TPSA) is 60.5 Å². The van der Waals surface area contributed by atoms with E-state index in [1.54, 1.807) is 0 Å². The van der Waals surface area contributed by atoms with Crippen LogP contribution in [0.4, 0.5) is 10.6 Å². The average molecular weight is 319 g/mol. The molecule has 1 aromatic heterocycles. The molecule has 6 nitrogen and oxygen atoms in total. The van der Waals surface area contributed by atoms with Gasteiger partial charge in [-0.25, -0.2) is 9.78 Å². The van der Waals surface area contributed by atoms with E-state index in [-0.39, 0.29) is 6.03 Å². The monoisotopic (exact) mass is 319 g/mol. The van der Waals surface area contributed by atoms with Crippen molar-refractivity contribution in [3.8, 4) is 0 Å². The molecule has 0 bridgehead atoms. The van der Waals surface area contributed by atoms with Crippen LogP contribution in [-0.2, 0) is 6.54 Å². The second-order valence-corrected chi connectivity index (χ2v) is 6.35. The third kappa shape index (κ3) is 5.71. The number of aromatic nitrogens is 1. The van der Waals surface area contributed by atoms with Crippen LogP contribution in [0.15, 0.2) is 18.2 Å². The number of amides is 2. The fourth-order valence-electron chi connectivity index (χ4n) is 2.89. The maximum atomic E-state index is 12.0. The SMILES string of the molecule is CCN1CCC[C@H](CNC(=O)NCc2cccc(N(C)C)n2)C1. The summed E-state index contributed by atoms with van der Waals surface area (Å²) in [6.45, 7) is 6.75. The number of anilines is 1. The number of rotatable bonds is 6. The number of hydrogen-bond acceptors (Lipinski definition) is 4. The fourth-order valence-corrected chi connectivity index (χ4v) is 2.89. The molecule has 0 aromatic carbocycles. The van der Waals surface area contributed by atoms with Crippen molar-refractivity contribution in [1.82, 2.24) is 20.5 Å². The van der Waals surface area contributed by atoms with Crippen LogP contribution in [0, 0.1) is 5.92 Å². The summed E-state index contributed by atoms with van der Waals surface area (Å²) in [7, 11) is 3.91. The number of hydrogen-bond donors (Lipinski definition) is 2. The molecule has 23 heavy (non-hydrogen) atoms. The summed E-state index contributed by atoms with van der Waals surface area (Å²) in [6, 6.07) is 5.72. The predicted molar refractivity (Wildman–Crippen MR) is 93.6 cm³/mol. The van der Waals surface area contributed by atoms with Gasteiger partial charge in [-0.3, -0.25) is 0 Å². The summed E-state index contributed by atoms with van der Waals surface area (Å²) in [5, 5.41) is 5.87. The Kier molecular flexibility index (Phi) is 6.65. The van der Waals surface area contributed by atoms with Crippen molar-refractivity contribution in [3.63, 3.8) is 0 Å². The molecule has 6 heteroatoms. The highest BCUT2D eigenvalue weighted by Crippen LogP contribution is 2.15. The molecule has 2 heterocycles. The Balaban J connectivity index is 1.72. The van der Waals surface area contributed by atoms with Crippen molar-refractivity contribution < 1.29 is 4.79 Å². The van der Waals surface area contributed by atoms with Gasteiger partial charge in [0.25, 0.3) is 0 Å². The summed E-state index contributed by atoms with van der Waals surface area (Å²) >= 11 is 0. The zero-order valence-electron chi connectivity index (χ0n) is 14.5. The second kappa shape index (κ2) is 8.72. The van der Waals surface area contributed by atoms with Crippen molar-refractivity contribution in [3.05, 3.63) is 23.9 Å². The fraction of sp³-hybridized carbons (Fsp3) is 0.647. The number of likely N-dealkylation sites (tertiary alicyclic amines) is 1. The molecule has 1 fully saturated rings. The normalized spacial score (nSPS) is 18.5. The highest BCUT2D eigenvalue weighted by molar-refractivity contribution is 5.73. The summed E-state index contributed by atoms with van der Waals surface area (Å²) in [4.78, 5) is 20.8. The highest BCUT2D eigenvalue weighted by atomic mass is 16.2. The number of urea groups is 1. The number of pyridine rings is 1. The van der Waals surface area contributed by atoms with Gasteiger partial charge in [0.2, 0.25) is 0 Å². The first-order valence-electron chi connectivity index (χ1n) is 8.45. The molecule has 1 aliphatic rings. The highest BCUT2D eigenvalue weighted by Gasteiger charge is 2.19. The van der Waals surface area contributed by atoms with Gasteiger partial charge in [-0.2, -0.15) is 0 Å². The lowest BCUT2D eigenvalue weighted by atomic mass is 9.98. The Morgan fingerprint density at radius 1 is 1.39 bits per heavy atom. The first kappa shape index (κ1) is 17.5. The number of nitrogens with one attached hydrogen (secondary N) is 2.